The van der Waals surface area contributed by atoms with Gasteiger partial charge < -0.3 is 10.2 Å². The van der Waals surface area contributed by atoms with Crippen LogP contribution in [0.15, 0.2) is 11.6 Å². The van der Waals surface area contributed by atoms with E-state index in [2.05, 4.69) is 19.9 Å². The summed E-state index contributed by atoms with van der Waals surface area (Å²) < 4.78 is 0. The monoisotopic (exact) mass is 343 g/mol. The number of hydrogen-bond acceptors (Lipinski definition) is 4. The summed E-state index contributed by atoms with van der Waals surface area (Å²) in [5.74, 6) is 1.24. The molecule has 0 saturated heterocycles. The van der Waals surface area contributed by atoms with E-state index in [1.807, 2.05) is 13.0 Å². The fraction of sp³-hybridized carbons (Fsp3) is 0.810. The third-order valence-electron chi connectivity index (χ3n) is 8.55. The predicted octanol–water partition coefficient (Wildman–Crippen LogP) is 2.99. The SMILES string of the molecule is C[C@H]1C[C@@H]2[C@H]([C@@H](O)C[C@@]3(C)[C@H]2CC[C@]3(O)C#N)[C@@]2(C)CCC(=O)C=C12. The van der Waals surface area contributed by atoms with Crippen LogP contribution in [-0.2, 0) is 4.79 Å². The summed E-state index contributed by atoms with van der Waals surface area (Å²) >= 11 is 0. The van der Waals surface area contributed by atoms with E-state index < -0.39 is 17.1 Å². The van der Waals surface area contributed by atoms with Gasteiger partial charge in [0, 0.05) is 11.8 Å². The Morgan fingerprint density at radius 3 is 2.72 bits per heavy atom. The summed E-state index contributed by atoms with van der Waals surface area (Å²) in [6.45, 7) is 6.44. The van der Waals surface area contributed by atoms with Gasteiger partial charge in [-0.25, -0.2) is 0 Å². The van der Waals surface area contributed by atoms with E-state index in [0.717, 1.165) is 19.3 Å². The van der Waals surface area contributed by atoms with Crippen molar-refractivity contribution in [2.45, 2.75) is 71.0 Å². The Hall–Kier alpha value is -1.18. The molecule has 0 aromatic rings. The van der Waals surface area contributed by atoms with E-state index >= 15 is 0 Å². The molecule has 3 saturated carbocycles. The predicted molar refractivity (Wildman–Crippen MR) is 93.2 cm³/mol. The van der Waals surface area contributed by atoms with Crippen LogP contribution in [0.4, 0.5) is 0 Å². The number of nitriles is 1. The second-order valence-electron chi connectivity index (χ2n) is 9.62. The maximum Gasteiger partial charge on any atom is 0.156 e. The zero-order valence-corrected chi connectivity index (χ0v) is 15.5. The fourth-order valence-corrected chi connectivity index (χ4v) is 7.31. The highest BCUT2D eigenvalue weighted by Crippen LogP contribution is 2.68. The first-order valence-electron chi connectivity index (χ1n) is 9.73. The first-order chi connectivity index (χ1) is 11.7. The average Bonchev–Trinajstić information content (AvgIpc) is 2.81. The van der Waals surface area contributed by atoms with Crippen molar-refractivity contribution < 1.29 is 15.0 Å². The van der Waals surface area contributed by atoms with Crippen molar-refractivity contribution in [3.63, 3.8) is 0 Å². The third kappa shape index (κ3) is 2.03. The molecule has 4 aliphatic carbocycles. The van der Waals surface area contributed by atoms with Crippen molar-refractivity contribution in [3.8, 4) is 6.07 Å². The normalized spacial score (nSPS) is 54.8. The standard InChI is InChI=1S/C21H29NO3/c1-12-8-14-15-5-7-21(25,11-22)20(15,3)10-17(24)18(14)19(2)6-4-13(23)9-16(12)19/h9,12,14-15,17-18,24-25H,4-8,10H2,1-3H3/t12-,14-,15-,17-,18+,19-,20-,21-/m0/s1. The molecule has 0 bridgehead atoms. The lowest BCUT2D eigenvalue weighted by Gasteiger charge is -2.61. The van der Waals surface area contributed by atoms with E-state index in [-0.39, 0.29) is 23.0 Å². The minimum Gasteiger partial charge on any atom is -0.393 e. The molecule has 4 heteroatoms. The van der Waals surface area contributed by atoms with Crippen molar-refractivity contribution in [1.82, 2.24) is 0 Å². The Bertz CT molecular complexity index is 694. The second-order valence-corrected chi connectivity index (χ2v) is 9.62. The summed E-state index contributed by atoms with van der Waals surface area (Å²) in [6, 6.07) is 2.17. The fourth-order valence-electron chi connectivity index (χ4n) is 7.31. The highest BCUT2D eigenvalue weighted by atomic mass is 16.3. The lowest BCUT2D eigenvalue weighted by Crippen LogP contribution is -2.60. The summed E-state index contributed by atoms with van der Waals surface area (Å²) in [5.41, 5.74) is -0.776. The highest BCUT2D eigenvalue weighted by Gasteiger charge is 2.67. The van der Waals surface area contributed by atoms with E-state index in [4.69, 9.17) is 0 Å². The van der Waals surface area contributed by atoms with Crippen LogP contribution in [0.5, 0.6) is 0 Å². The average molecular weight is 343 g/mol. The van der Waals surface area contributed by atoms with Crippen molar-refractivity contribution in [2.75, 3.05) is 0 Å². The molecule has 25 heavy (non-hydrogen) atoms. The molecule has 0 aromatic carbocycles. The van der Waals surface area contributed by atoms with Crippen molar-refractivity contribution in [2.24, 2.45) is 34.5 Å². The van der Waals surface area contributed by atoms with Crippen LogP contribution in [0.2, 0.25) is 0 Å². The summed E-state index contributed by atoms with van der Waals surface area (Å²) in [7, 11) is 0. The minimum atomic E-state index is -1.33. The van der Waals surface area contributed by atoms with Crippen molar-refractivity contribution in [3.05, 3.63) is 11.6 Å². The molecule has 0 amide bonds. The zero-order chi connectivity index (χ0) is 18.2. The molecule has 2 N–H and O–H groups in total. The summed E-state index contributed by atoms with van der Waals surface area (Å²) in [4.78, 5) is 12.0. The largest absolute Gasteiger partial charge is 0.393 e. The van der Waals surface area contributed by atoms with Crippen LogP contribution in [0.25, 0.3) is 0 Å². The third-order valence-corrected chi connectivity index (χ3v) is 8.55. The number of rotatable bonds is 0. The molecule has 0 aliphatic heterocycles. The van der Waals surface area contributed by atoms with Gasteiger partial charge in [0.25, 0.3) is 0 Å². The maximum atomic E-state index is 12.0. The Labute approximate surface area is 149 Å². The van der Waals surface area contributed by atoms with Gasteiger partial charge >= 0.3 is 0 Å². The first kappa shape index (κ1) is 17.2. The number of aliphatic hydroxyl groups excluding tert-OH is 1. The molecule has 136 valence electrons. The number of carbonyl (C=O) groups is 1. The van der Waals surface area contributed by atoms with Gasteiger partial charge in [-0.2, -0.15) is 5.26 Å². The number of allylic oxidation sites excluding steroid dienone is 1. The first-order valence-corrected chi connectivity index (χ1v) is 9.73. The summed E-state index contributed by atoms with van der Waals surface area (Å²) in [5, 5.41) is 31.7. The molecular weight excluding hydrogens is 314 g/mol. The Morgan fingerprint density at radius 2 is 2.04 bits per heavy atom. The summed E-state index contributed by atoms with van der Waals surface area (Å²) in [6.07, 6.45) is 5.48. The van der Waals surface area contributed by atoms with Gasteiger partial charge in [-0.15, -0.1) is 0 Å². The Kier molecular flexibility index (Phi) is 3.57. The molecule has 3 fully saturated rings. The molecule has 4 aliphatic rings. The molecule has 8 atom stereocenters. The minimum absolute atomic E-state index is 0.127. The van der Waals surface area contributed by atoms with Crippen LogP contribution in [-0.4, -0.2) is 27.7 Å². The quantitative estimate of drug-likeness (QED) is 0.663. The van der Waals surface area contributed by atoms with Crippen LogP contribution in [0, 0.1) is 45.8 Å². The molecule has 0 heterocycles. The Balaban J connectivity index is 1.79. The van der Waals surface area contributed by atoms with Gasteiger partial charge in [0.15, 0.2) is 11.4 Å². The van der Waals surface area contributed by atoms with Gasteiger partial charge in [-0.05, 0) is 67.3 Å². The van der Waals surface area contributed by atoms with Gasteiger partial charge in [0.1, 0.15) is 0 Å². The second kappa shape index (κ2) is 5.18. The van der Waals surface area contributed by atoms with Gasteiger partial charge in [-0.3, -0.25) is 4.79 Å². The molecule has 0 radical (unpaired) electrons. The number of nitrogens with zero attached hydrogens (tertiary/aromatic N) is 1. The topological polar surface area (TPSA) is 81.3 Å². The van der Waals surface area contributed by atoms with Crippen LogP contribution in [0.1, 0.15) is 59.3 Å². The molecule has 4 nitrogen and oxygen atoms in total. The molecule has 0 unspecified atom stereocenters. The van der Waals surface area contributed by atoms with Gasteiger partial charge in [0.05, 0.1) is 12.2 Å². The van der Waals surface area contributed by atoms with Crippen molar-refractivity contribution in [1.29, 1.82) is 5.26 Å². The van der Waals surface area contributed by atoms with E-state index in [1.54, 1.807) is 0 Å². The molecule has 0 aromatic heterocycles. The highest BCUT2D eigenvalue weighted by molar-refractivity contribution is 5.91. The smallest absolute Gasteiger partial charge is 0.156 e. The van der Waals surface area contributed by atoms with Crippen LogP contribution in [0.3, 0.4) is 0 Å². The van der Waals surface area contributed by atoms with Crippen LogP contribution >= 0.6 is 0 Å². The zero-order valence-electron chi connectivity index (χ0n) is 15.5. The van der Waals surface area contributed by atoms with Crippen LogP contribution < -0.4 is 0 Å². The number of carbonyl (C=O) groups excluding carboxylic acids is 1. The maximum absolute atomic E-state index is 12.0. The lowest BCUT2D eigenvalue weighted by atomic mass is 9.44. The van der Waals surface area contributed by atoms with E-state index in [0.29, 0.717) is 31.1 Å². The van der Waals surface area contributed by atoms with E-state index in [9.17, 15) is 20.3 Å². The number of aliphatic hydroxyl groups is 2. The number of fused-ring (bicyclic) bond motifs is 5. The molecule has 0 spiro atoms. The molecular formula is C21H29NO3. The van der Waals surface area contributed by atoms with Gasteiger partial charge in [0.2, 0.25) is 0 Å². The molecule has 4 rings (SSSR count). The Morgan fingerprint density at radius 1 is 1.32 bits per heavy atom. The van der Waals surface area contributed by atoms with E-state index in [1.165, 1.54) is 5.57 Å². The lowest BCUT2D eigenvalue weighted by molar-refractivity contribution is -0.160. The number of ketones is 1. The van der Waals surface area contributed by atoms with Crippen molar-refractivity contribution >= 4 is 5.78 Å². The van der Waals surface area contributed by atoms with Gasteiger partial charge in [-0.1, -0.05) is 26.3 Å². The number of hydrogen-bond donors (Lipinski definition) is 2.